The fourth-order valence-corrected chi connectivity index (χ4v) is 5.04. The molecule has 0 bridgehead atoms. The summed E-state index contributed by atoms with van der Waals surface area (Å²) in [6, 6.07) is 0. The van der Waals surface area contributed by atoms with Crippen molar-refractivity contribution in [2.45, 2.75) is 32.6 Å². The predicted octanol–water partition coefficient (Wildman–Crippen LogP) is 3.03. The third kappa shape index (κ3) is 2.64. The molecular weight excluding hydrogens is 307 g/mol. The lowest BCUT2D eigenvalue weighted by Crippen LogP contribution is -2.50. The Morgan fingerprint density at radius 1 is 1.43 bits per heavy atom. The first-order chi connectivity index (χ1) is 9.83. The number of primary amides is 1. The molecule has 1 fully saturated rings. The Bertz CT molecular complexity index is 477. The van der Waals surface area contributed by atoms with Gasteiger partial charge in [0.1, 0.15) is 0 Å². The normalized spacial score (nSPS) is 34.6. The minimum Gasteiger partial charge on any atom is -0.366 e. The van der Waals surface area contributed by atoms with Crippen LogP contribution in [0.1, 0.15) is 27.2 Å². The van der Waals surface area contributed by atoms with Crippen LogP contribution < -0.4 is 11.1 Å². The summed E-state index contributed by atoms with van der Waals surface area (Å²) in [5.74, 6) is 0.504. The second-order valence-corrected chi connectivity index (χ2v) is 7.36. The molecule has 1 saturated heterocycles. The van der Waals surface area contributed by atoms with Gasteiger partial charge in [-0.25, -0.2) is 0 Å². The zero-order chi connectivity index (χ0) is 15.8. The summed E-state index contributed by atoms with van der Waals surface area (Å²) >= 11 is 13.5. The van der Waals surface area contributed by atoms with Crippen molar-refractivity contribution < 1.29 is 4.79 Å². The van der Waals surface area contributed by atoms with Gasteiger partial charge < -0.3 is 11.1 Å². The molecule has 4 atom stereocenters. The zero-order valence-electron chi connectivity index (χ0n) is 12.8. The molecule has 3 nitrogen and oxygen atoms in total. The molecule has 0 radical (unpaired) electrons. The molecule has 0 aromatic rings. The van der Waals surface area contributed by atoms with Gasteiger partial charge in [-0.3, -0.25) is 4.79 Å². The van der Waals surface area contributed by atoms with E-state index in [9.17, 15) is 4.79 Å². The highest BCUT2D eigenvalue weighted by molar-refractivity contribution is 6.33. The number of rotatable bonds is 4. The Morgan fingerprint density at radius 3 is 2.57 bits per heavy atom. The first kappa shape index (κ1) is 16.9. The Kier molecular flexibility index (Phi) is 5.07. The Labute approximate surface area is 136 Å². The van der Waals surface area contributed by atoms with Crippen LogP contribution in [0.5, 0.6) is 0 Å². The van der Waals surface area contributed by atoms with Crippen LogP contribution in [0, 0.1) is 23.2 Å². The SMILES string of the molecule is CC(C)C(C)C1(C2CCNC2)C(Cl)=CC=C(C(N)=O)C1Cl. The standard InChI is InChI=1S/C16H24Cl2N2O/c1-9(2)10(3)16(11-6-7-20-8-11)13(17)5-4-12(14(16)18)15(19)21/h4-5,9-11,14,20H,6-8H2,1-3H3,(H2,19,21). The Hall–Kier alpha value is -0.510. The summed E-state index contributed by atoms with van der Waals surface area (Å²) < 4.78 is 0. The minimum atomic E-state index is -0.477. The highest BCUT2D eigenvalue weighted by atomic mass is 35.5. The molecule has 2 rings (SSSR count). The molecule has 21 heavy (non-hydrogen) atoms. The van der Waals surface area contributed by atoms with Crippen LogP contribution in [0.2, 0.25) is 0 Å². The van der Waals surface area contributed by atoms with Crippen LogP contribution >= 0.6 is 23.2 Å². The van der Waals surface area contributed by atoms with Crippen molar-refractivity contribution in [3.05, 3.63) is 22.8 Å². The predicted molar refractivity (Wildman–Crippen MR) is 88.3 cm³/mol. The van der Waals surface area contributed by atoms with Crippen LogP contribution in [-0.2, 0) is 4.79 Å². The summed E-state index contributed by atoms with van der Waals surface area (Å²) in [4.78, 5) is 11.7. The number of amides is 1. The number of hydrogen-bond donors (Lipinski definition) is 2. The topological polar surface area (TPSA) is 55.1 Å². The number of halogens is 2. The maximum absolute atomic E-state index is 11.7. The fraction of sp³-hybridized carbons (Fsp3) is 0.688. The van der Waals surface area contributed by atoms with E-state index in [4.69, 9.17) is 28.9 Å². The summed E-state index contributed by atoms with van der Waals surface area (Å²) in [6.45, 7) is 8.35. The second-order valence-electron chi connectivity index (χ2n) is 6.52. The van der Waals surface area contributed by atoms with E-state index in [0.717, 1.165) is 24.5 Å². The molecule has 0 aromatic carbocycles. The molecule has 1 aliphatic heterocycles. The van der Waals surface area contributed by atoms with Gasteiger partial charge in [-0.1, -0.05) is 38.4 Å². The van der Waals surface area contributed by atoms with Gasteiger partial charge in [-0.2, -0.15) is 0 Å². The van der Waals surface area contributed by atoms with Crippen LogP contribution in [0.4, 0.5) is 0 Å². The number of nitrogens with two attached hydrogens (primary N) is 1. The van der Waals surface area contributed by atoms with E-state index >= 15 is 0 Å². The van der Waals surface area contributed by atoms with Gasteiger partial charge in [-0.05, 0) is 43.3 Å². The van der Waals surface area contributed by atoms with Gasteiger partial charge >= 0.3 is 0 Å². The molecule has 0 aromatic heterocycles. The highest BCUT2D eigenvalue weighted by Crippen LogP contribution is 2.56. The number of hydrogen-bond acceptors (Lipinski definition) is 2. The van der Waals surface area contributed by atoms with Crippen LogP contribution in [0.25, 0.3) is 0 Å². The van der Waals surface area contributed by atoms with Crippen molar-refractivity contribution in [2.75, 3.05) is 13.1 Å². The summed E-state index contributed by atoms with van der Waals surface area (Å²) in [5, 5.41) is 3.67. The average Bonchev–Trinajstić information content (AvgIpc) is 2.92. The fourth-order valence-electron chi connectivity index (χ4n) is 3.81. The maximum Gasteiger partial charge on any atom is 0.246 e. The van der Waals surface area contributed by atoms with Crippen LogP contribution in [-0.4, -0.2) is 24.4 Å². The molecule has 0 saturated carbocycles. The van der Waals surface area contributed by atoms with Crippen molar-refractivity contribution in [1.82, 2.24) is 5.32 Å². The van der Waals surface area contributed by atoms with Crippen molar-refractivity contribution in [1.29, 1.82) is 0 Å². The van der Waals surface area contributed by atoms with E-state index in [1.165, 1.54) is 0 Å². The van der Waals surface area contributed by atoms with E-state index in [2.05, 4.69) is 26.1 Å². The van der Waals surface area contributed by atoms with Gasteiger partial charge in [0.25, 0.3) is 0 Å². The lowest BCUT2D eigenvalue weighted by molar-refractivity contribution is -0.115. The average molecular weight is 331 g/mol. The molecule has 4 unspecified atom stereocenters. The van der Waals surface area contributed by atoms with E-state index in [1.807, 2.05) is 6.08 Å². The lowest BCUT2D eigenvalue weighted by atomic mass is 9.58. The first-order valence-corrected chi connectivity index (χ1v) is 8.37. The summed E-state index contributed by atoms with van der Waals surface area (Å²) in [6.07, 6.45) is 4.50. The van der Waals surface area contributed by atoms with Gasteiger partial charge in [0, 0.05) is 16.0 Å². The third-order valence-corrected chi connectivity index (χ3v) is 6.34. The van der Waals surface area contributed by atoms with E-state index in [-0.39, 0.29) is 5.92 Å². The number of alkyl halides is 1. The smallest absolute Gasteiger partial charge is 0.246 e. The number of carbonyl (C=O) groups is 1. The van der Waals surface area contributed by atoms with E-state index in [1.54, 1.807) is 6.08 Å². The minimum absolute atomic E-state index is 0.247. The first-order valence-electron chi connectivity index (χ1n) is 7.55. The molecule has 118 valence electrons. The van der Waals surface area contributed by atoms with Crippen molar-refractivity contribution in [3.63, 3.8) is 0 Å². The Balaban J connectivity index is 2.55. The molecule has 5 heteroatoms. The number of carbonyl (C=O) groups excluding carboxylic acids is 1. The van der Waals surface area contributed by atoms with Crippen LogP contribution in [0.3, 0.4) is 0 Å². The number of nitrogens with one attached hydrogen (secondary N) is 1. The lowest BCUT2D eigenvalue weighted by Gasteiger charge is -2.50. The van der Waals surface area contributed by atoms with Crippen molar-refractivity contribution >= 4 is 29.1 Å². The van der Waals surface area contributed by atoms with Gasteiger partial charge in [0.2, 0.25) is 5.91 Å². The third-order valence-electron chi connectivity index (χ3n) is 5.29. The summed E-state index contributed by atoms with van der Waals surface area (Å²) in [5.41, 5.74) is 5.56. The molecule has 0 spiro atoms. The largest absolute Gasteiger partial charge is 0.366 e. The second kappa shape index (κ2) is 6.31. The molecule has 3 N–H and O–H groups in total. The molecular formula is C16H24Cl2N2O. The van der Waals surface area contributed by atoms with Gasteiger partial charge in [0.05, 0.1) is 5.38 Å². The van der Waals surface area contributed by atoms with Crippen molar-refractivity contribution in [3.8, 4) is 0 Å². The molecule has 2 aliphatic rings. The molecule has 1 heterocycles. The van der Waals surface area contributed by atoms with E-state index in [0.29, 0.717) is 17.4 Å². The molecule has 1 amide bonds. The Morgan fingerprint density at radius 2 is 2.10 bits per heavy atom. The van der Waals surface area contributed by atoms with Gasteiger partial charge in [-0.15, -0.1) is 11.6 Å². The van der Waals surface area contributed by atoms with Crippen molar-refractivity contribution in [2.24, 2.45) is 28.9 Å². The van der Waals surface area contributed by atoms with Gasteiger partial charge in [0.15, 0.2) is 0 Å². The maximum atomic E-state index is 11.7. The van der Waals surface area contributed by atoms with Crippen LogP contribution in [0.15, 0.2) is 22.8 Å². The summed E-state index contributed by atoms with van der Waals surface area (Å²) in [7, 11) is 0. The van der Waals surface area contributed by atoms with E-state index < -0.39 is 16.7 Å². The number of allylic oxidation sites excluding steroid dienone is 3. The zero-order valence-corrected chi connectivity index (χ0v) is 14.3. The molecule has 1 aliphatic carbocycles. The monoisotopic (exact) mass is 330 g/mol. The quantitative estimate of drug-likeness (QED) is 0.778. The highest BCUT2D eigenvalue weighted by Gasteiger charge is 2.55.